The number of benzene rings is 3. The molecular weight excluding hydrogens is 536 g/mol. The lowest BCUT2D eigenvalue weighted by atomic mass is 10.1. The van der Waals surface area contributed by atoms with Crippen molar-refractivity contribution >= 4 is 27.5 Å². The number of amides is 2. The first-order valence-corrected chi connectivity index (χ1v) is 14.7. The van der Waals surface area contributed by atoms with Crippen LogP contribution in [0.2, 0.25) is 0 Å². The van der Waals surface area contributed by atoms with Crippen LogP contribution in [-0.2, 0) is 26.2 Å². The van der Waals surface area contributed by atoms with Gasteiger partial charge >= 0.3 is 0 Å². The molecule has 40 heavy (non-hydrogen) atoms. The highest BCUT2D eigenvalue weighted by atomic mass is 32.2. The van der Waals surface area contributed by atoms with Gasteiger partial charge in [0.2, 0.25) is 11.8 Å². The molecule has 1 N–H and O–H groups in total. The van der Waals surface area contributed by atoms with Crippen LogP contribution in [0, 0.1) is 18.6 Å². The number of unbranched alkanes of at least 4 members (excludes halogenated alkanes) is 1. The van der Waals surface area contributed by atoms with Gasteiger partial charge in [0, 0.05) is 13.1 Å². The van der Waals surface area contributed by atoms with Crippen molar-refractivity contribution in [3.8, 4) is 0 Å². The third kappa shape index (κ3) is 7.88. The number of halogens is 2. The molecule has 0 radical (unpaired) electrons. The zero-order valence-electron chi connectivity index (χ0n) is 22.9. The van der Waals surface area contributed by atoms with Crippen LogP contribution >= 0.6 is 0 Å². The molecule has 0 aliphatic heterocycles. The zero-order valence-corrected chi connectivity index (χ0v) is 23.8. The summed E-state index contributed by atoms with van der Waals surface area (Å²) in [7, 11) is -4.29. The van der Waals surface area contributed by atoms with Gasteiger partial charge in [-0.25, -0.2) is 17.2 Å². The summed E-state index contributed by atoms with van der Waals surface area (Å²) in [4.78, 5) is 28.2. The SMILES string of the molecule is CCCCNC(=O)[C@@H](CC)N(Cc1ccc(F)cc1)C(=O)CN(c1ccc(C)cc1)S(=O)(=O)c1ccc(F)cc1. The maximum atomic E-state index is 13.9. The second-order valence-electron chi connectivity index (χ2n) is 9.52. The van der Waals surface area contributed by atoms with E-state index in [1.54, 1.807) is 31.2 Å². The molecule has 3 aromatic carbocycles. The molecule has 0 unspecified atom stereocenters. The molecule has 10 heteroatoms. The predicted molar refractivity (Wildman–Crippen MR) is 151 cm³/mol. The van der Waals surface area contributed by atoms with Gasteiger partial charge in [0.25, 0.3) is 10.0 Å². The van der Waals surface area contributed by atoms with E-state index in [1.807, 2.05) is 13.8 Å². The molecule has 0 aliphatic carbocycles. The first-order valence-electron chi connectivity index (χ1n) is 13.2. The molecule has 0 saturated carbocycles. The molecule has 2 amide bonds. The number of rotatable bonds is 13. The molecule has 214 valence electrons. The van der Waals surface area contributed by atoms with Crippen LogP contribution in [-0.4, -0.2) is 44.3 Å². The van der Waals surface area contributed by atoms with Gasteiger partial charge in [0.05, 0.1) is 10.6 Å². The highest BCUT2D eigenvalue weighted by molar-refractivity contribution is 7.92. The molecule has 3 rings (SSSR count). The number of hydrogen-bond donors (Lipinski definition) is 1. The number of carbonyl (C=O) groups excluding carboxylic acids is 2. The van der Waals surface area contributed by atoms with Crippen LogP contribution in [0.5, 0.6) is 0 Å². The van der Waals surface area contributed by atoms with Gasteiger partial charge in [-0.05, 0) is 73.9 Å². The first kappa shape index (κ1) is 30.7. The van der Waals surface area contributed by atoms with Crippen LogP contribution < -0.4 is 9.62 Å². The Morgan fingerprint density at radius 3 is 2.00 bits per heavy atom. The molecule has 3 aromatic rings. The summed E-state index contributed by atoms with van der Waals surface area (Å²) in [6, 6.07) is 15.6. The van der Waals surface area contributed by atoms with Crippen LogP contribution in [0.3, 0.4) is 0 Å². The lowest BCUT2D eigenvalue weighted by Gasteiger charge is -2.33. The summed E-state index contributed by atoms with van der Waals surface area (Å²) < 4.78 is 55.6. The van der Waals surface area contributed by atoms with Crippen molar-refractivity contribution in [3.63, 3.8) is 0 Å². The molecule has 0 saturated heterocycles. The van der Waals surface area contributed by atoms with Gasteiger partial charge in [0.15, 0.2) is 0 Å². The smallest absolute Gasteiger partial charge is 0.264 e. The molecule has 0 heterocycles. The predicted octanol–water partition coefficient (Wildman–Crippen LogP) is 5.19. The number of sulfonamides is 1. The molecule has 0 aromatic heterocycles. The minimum Gasteiger partial charge on any atom is -0.354 e. The Morgan fingerprint density at radius 1 is 0.875 bits per heavy atom. The lowest BCUT2D eigenvalue weighted by Crippen LogP contribution is -2.52. The fraction of sp³-hybridized carbons (Fsp3) is 0.333. The highest BCUT2D eigenvalue weighted by Gasteiger charge is 2.33. The Kier molecular flexibility index (Phi) is 10.8. The molecule has 7 nitrogen and oxygen atoms in total. The standard InChI is InChI=1S/C30H35F2N3O4S/c1-4-6-19-33-30(37)28(5-2)34(20-23-9-11-24(31)12-10-23)29(36)21-35(26-15-7-22(3)8-16-26)40(38,39)27-17-13-25(32)14-18-27/h7-18,28H,4-6,19-21H2,1-3H3,(H,33,37)/t28-/m1/s1. The normalized spacial score (nSPS) is 12.0. The highest BCUT2D eigenvalue weighted by Crippen LogP contribution is 2.25. The van der Waals surface area contributed by atoms with E-state index in [0.717, 1.165) is 47.0 Å². The van der Waals surface area contributed by atoms with Gasteiger partial charge in [-0.3, -0.25) is 13.9 Å². The summed E-state index contributed by atoms with van der Waals surface area (Å²) in [5, 5.41) is 2.86. The van der Waals surface area contributed by atoms with Crippen molar-refractivity contribution < 1.29 is 26.8 Å². The van der Waals surface area contributed by atoms with Gasteiger partial charge in [-0.15, -0.1) is 0 Å². The van der Waals surface area contributed by atoms with Crippen molar-refractivity contribution in [1.29, 1.82) is 0 Å². The summed E-state index contributed by atoms with van der Waals surface area (Å²) in [5.41, 5.74) is 1.71. The van der Waals surface area contributed by atoms with Gasteiger partial charge < -0.3 is 10.2 Å². The van der Waals surface area contributed by atoms with Crippen molar-refractivity contribution in [2.75, 3.05) is 17.4 Å². The fourth-order valence-electron chi connectivity index (χ4n) is 4.19. The fourth-order valence-corrected chi connectivity index (χ4v) is 5.60. The number of nitrogens with zero attached hydrogens (tertiary/aromatic N) is 2. The largest absolute Gasteiger partial charge is 0.354 e. The Morgan fingerprint density at radius 2 is 1.45 bits per heavy atom. The molecule has 0 spiro atoms. The van der Waals surface area contributed by atoms with E-state index in [1.165, 1.54) is 29.2 Å². The zero-order chi connectivity index (χ0) is 29.3. The minimum absolute atomic E-state index is 0.0306. The molecular formula is C30H35F2N3O4S. The Labute approximate surface area is 234 Å². The van der Waals surface area contributed by atoms with Gasteiger partial charge in [-0.1, -0.05) is 50.1 Å². The van der Waals surface area contributed by atoms with Crippen molar-refractivity contribution in [2.24, 2.45) is 0 Å². The van der Waals surface area contributed by atoms with E-state index in [2.05, 4.69) is 5.32 Å². The number of anilines is 1. The first-order chi connectivity index (χ1) is 19.1. The summed E-state index contributed by atoms with van der Waals surface area (Å²) in [6.07, 6.45) is 1.92. The molecule has 0 fully saturated rings. The maximum absolute atomic E-state index is 13.9. The quantitative estimate of drug-likeness (QED) is 0.286. The van der Waals surface area contributed by atoms with E-state index in [4.69, 9.17) is 0 Å². The monoisotopic (exact) mass is 571 g/mol. The topological polar surface area (TPSA) is 86.8 Å². The van der Waals surface area contributed by atoms with Crippen molar-refractivity contribution in [1.82, 2.24) is 10.2 Å². The van der Waals surface area contributed by atoms with Crippen LogP contribution in [0.4, 0.5) is 14.5 Å². The van der Waals surface area contributed by atoms with Crippen LogP contribution in [0.25, 0.3) is 0 Å². The van der Waals surface area contributed by atoms with E-state index >= 15 is 0 Å². The van der Waals surface area contributed by atoms with E-state index in [9.17, 15) is 26.8 Å². The number of nitrogens with one attached hydrogen (secondary N) is 1. The lowest BCUT2D eigenvalue weighted by molar-refractivity contribution is -0.140. The Hall–Kier alpha value is -3.79. The van der Waals surface area contributed by atoms with Crippen molar-refractivity contribution in [2.45, 2.75) is 57.5 Å². The second kappa shape index (κ2) is 14.0. The second-order valence-corrected chi connectivity index (χ2v) is 11.4. The summed E-state index contributed by atoms with van der Waals surface area (Å²) in [5.74, 6) is -2.01. The summed E-state index contributed by atoms with van der Waals surface area (Å²) >= 11 is 0. The Bertz CT molecular complexity index is 1380. The van der Waals surface area contributed by atoms with Gasteiger partial charge in [0.1, 0.15) is 24.2 Å². The molecule has 1 atom stereocenters. The van der Waals surface area contributed by atoms with Gasteiger partial charge in [-0.2, -0.15) is 0 Å². The third-order valence-corrected chi connectivity index (χ3v) is 8.27. The number of aryl methyl sites for hydroxylation is 1. The Balaban J connectivity index is 2.02. The van der Waals surface area contributed by atoms with Crippen molar-refractivity contribution in [3.05, 3.63) is 95.6 Å². The van der Waals surface area contributed by atoms with Crippen LogP contribution in [0.1, 0.15) is 44.2 Å². The van der Waals surface area contributed by atoms with E-state index in [-0.39, 0.29) is 29.5 Å². The van der Waals surface area contributed by atoms with E-state index < -0.39 is 40.2 Å². The van der Waals surface area contributed by atoms with Crippen LogP contribution in [0.15, 0.2) is 77.7 Å². The minimum atomic E-state index is -4.29. The molecule has 0 aliphatic rings. The number of carbonyl (C=O) groups is 2. The average Bonchev–Trinajstić information content (AvgIpc) is 2.93. The average molecular weight is 572 g/mol. The van der Waals surface area contributed by atoms with E-state index in [0.29, 0.717) is 12.1 Å². The number of hydrogen-bond acceptors (Lipinski definition) is 4. The molecule has 0 bridgehead atoms. The maximum Gasteiger partial charge on any atom is 0.264 e. The third-order valence-electron chi connectivity index (χ3n) is 6.48. The summed E-state index contributed by atoms with van der Waals surface area (Å²) in [6.45, 7) is 5.41.